The molecule has 0 aliphatic carbocycles. The zero-order valence-corrected chi connectivity index (χ0v) is 11.7. The van der Waals surface area contributed by atoms with E-state index in [1.54, 1.807) is 0 Å². The molecule has 4 nitrogen and oxygen atoms in total. The van der Waals surface area contributed by atoms with Crippen LogP contribution in [0.2, 0.25) is 0 Å². The molecule has 0 fully saturated rings. The molecule has 0 aliphatic rings. The van der Waals surface area contributed by atoms with Gasteiger partial charge in [-0.05, 0) is 13.0 Å². The number of carbonyl (C=O) groups is 1. The van der Waals surface area contributed by atoms with Crippen LogP contribution in [0.25, 0.3) is 0 Å². The second-order valence-electron chi connectivity index (χ2n) is 3.74. The third kappa shape index (κ3) is 4.75. The lowest BCUT2D eigenvalue weighted by Gasteiger charge is -2.23. The van der Waals surface area contributed by atoms with Crippen LogP contribution in [-0.4, -0.2) is 25.1 Å². The van der Waals surface area contributed by atoms with Crippen LogP contribution >= 0.6 is 12.4 Å². The third-order valence-electron chi connectivity index (χ3n) is 2.41. The number of hydrogen-bond donors (Lipinski definition) is 1. The summed E-state index contributed by atoms with van der Waals surface area (Å²) in [6.07, 6.45) is 0. The van der Waals surface area contributed by atoms with Gasteiger partial charge in [0.15, 0.2) is 0 Å². The Morgan fingerprint density at radius 2 is 1.90 bits per heavy atom. The van der Waals surface area contributed by atoms with Gasteiger partial charge in [-0.2, -0.15) is 17.6 Å². The molecule has 1 aromatic rings. The summed E-state index contributed by atoms with van der Waals surface area (Å²) in [4.78, 5) is 11.2. The number of halogens is 5. The Kier molecular flexibility index (Phi) is 7.45. The van der Waals surface area contributed by atoms with Crippen molar-refractivity contribution in [3.8, 4) is 5.75 Å². The lowest BCUT2D eigenvalue weighted by Crippen LogP contribution is -2.42. The molecule has 1 atom stereocenters. The molecule has 0 aliphatic heterocycles. The molecular formula is C12H14ClF4NO3. The number of benzene rings is 1. The van der Waals surface area contributed by atoms with Crippen LogP contribution in [0.5, 0.6) is 5.75 Å². The highest BCUT2D eigenvalue weighted by Crippen LogP contribution is 2.35. The van der Waals surface area contributed by atoms with Crippen LogP contribution < -0.4 is 10.5 Å². The summed E-state index contributed by atoms with van der Waals surface area (Å²) in [5, 5.41) is 0. The van der Waals surface area contributed by atoms with Gasteiger partial charge in [0, 0.05) is 5.56 Å². The van der Waals surface area contributed by atoms with Crippen LogP contribution in [0.3, 0.4) is 0 Å². The first kappa shape index (κ1) is 19.5. The van der Waals surface area contributed by atoms with Crippen LogP contribution in [0.4, 0.5) is 17.6 Å². The maximum absolute atomic E-state index is 13.8. The summed E-state index contributed by atoms with van der Waals surface area (Å²) in [5.74, 6) is -6.39. The van der Waals surface area contributed by atoms with Crippen LogP contribution in [0.1, 0.15) is 18.5 Å². The van der Waals surface area contributed by atoms with Gasteiger partial charge in [-0.3, -0.25) is 0 Å². The maximum atomic E-state index is 13.8. The lowest BCUT2D eigenvalue weighted by molar-refractivity contribution is -0.174. The monoisotopic (exact) mass is 331 g/mol. The lowest BCUT2D eigenvalue weighted by atomic mass is 10.0. The molecule has 0 saturated carbocycles. The van der Waals surface area contributed by atoms with Crippen LogP contribution in [0.15, 0.2) is 24.3 Å². The van der Waals surface area contributed by atoms with Gasteiger partial charge < -0.3 is 15.2 Å². The molecule has 9 heteroatoms. The van der Waals surface area contributed by atoms with Crippen molar-refractivity contribution in [1.82, 2.24) is 0 Å². The Labute approximate surface area is 124 Å². The van der Waals surface area contributed by atoms with Gasteiger partial charge in [0.05, 0.1) is 6.61 Å². The van der Waals surface area contributed by atoms with Crippen LogP contribution in [-0.2, 0) is 9.53 Å². The van der Waals surface area contributed by atoms with Gasteiger partial charge in [0.1, 0.15) is 11.8 Å². The predicted octanol–water partition coefficient (Wildman–Crippen LogP) is 2.91. The van der Waals surface area contributed by atoms with Crippen LogP contribution in [0, 0.1) is 0 Å². The Hall–Kier alpha value is -1.54. The molecule has 2 N–H and O–H groups in total. The molecule has 1 aromatic carbocycles. The summed E-state index contributed by atoms with van der Waals surface area (Å²) in [5.41, 5.74) is 4.89. The van der Waals surface area contributed by atoms with E-state index in [1.807, 2.05) is 0 Å². The fraction of sp³-hybridized carbons (Fsp3) is 0.417. The minimum Gasteiger partial charge on any atom is -0.462 e. The Balaban J connectivity index is 0.00000400. The number of ether oxygens (including phenoxy) is 2. The highest BCUT2D eigenvalue weighted by atomic mass is 35.5. The summed E-state index contributed by atoms with van der Waals surface area (Å²) in [6, 6.07) is 2.61. The van der Waals surface area contributed by atoms with E-state index >= 15 is 0 Å². The van der Waals surface area contributed by atoms with Gasteiger partial charge in [0.2, 0.25) is 0 Å². The molecular weight excluding hydrogens is 318 g/mol. The van der Waals surface area contributed by atoms with Gasteiger partial charge in [-0.25, -0.2) is 4.79 Å². The van der Waals surface area contributed by atoms with Gasteiger partial charge in [0.25, 0.3) is 0 Å². The van der Waals surface area contributed by atoms with E-state index in [0.717, 1.165) is 12.1 Å². The highest BCUT2D eigenvalue weighted by molar-refractivity contribution is 5.85. The Morgan fingerprint density at radius 3 is 2.43 bits per heavy atom. The molecule has 0 amide bonds. The van der Waals surface area contributed by atoms with Gasteiger partial charge in [-0.15, -0.1) is 12.4 Å². The second kappa shape index (κ2) is 8.04. The number of carbonyl (C=O) groups excluding carboxylic acids is 1. The molecule has 21 heavy (non-hydrogen) atoms. The molecule has 0 bridgehead atoms. The quantitative estimate of drug-likeness (QED) is 0.643. The summed E-state index contributed by atoms with van der Waals surface area (Å²) < 4.78 is 60.2. The summed E-state index contributed by atoms with van der Waals surface area (Å²) in [7, 11) is 0. The van der Waals surface area contributed by atoms with Crippen molar-refractivity contribution in [2.45, 2.75) is 25.5 Å². The number of hydrogen-bond acceptors (Lipinski definition) is 4. The van der Waals surface area contributed by atoms with Crippen molar-refractivity contribution in [2.75, 3.05) is 6.61 Å². The van der Waals surface area contributed by atoms with E-state index in [0.29, 0.717) is 0 Å². The second-order valence-corrected chi connectivity index (χ2v) is 3.74. The molecule has 0 radical (unpaired) electrons. The van der Waals surface area contributed by atoms with E-state index in [2.05, 4.69) is 9.47 Å². The average Bonchev–Trinajstić information content (AvgIpc) is 2.38. The molecule has 0 aromatic heterocycles. The zero-order valence-electron chi connectivity index (χ0n) is 10.9. The average molecular weight is 332 g/mol. The van der Waals surface area contributed by atoms with Crippen molar-refractivity contribution >= 4 is 18.4 Å². The van der Waals surface area contributed by atoms with Gasteiger partial charge in [-0.1, -0.05) is 18.2 Å². The Bertz CT molecular complexity index is 474. The first-order chi connectivity index (χ1) is 9.30. The molecule has 0 unspecified atom stereocenters. The third-order valence-corrected chi connectivity index (χ3v) is 2.41. The standard InChI is InChI=1S/C12H13F4NO3.ClH/c1-2-19-10(18)12(15,16)9(17)7-5-3-4-6-8(7)20-11(13)14;/h3-6,9,11H,2,17H2,1H3;1H/t9-;/m1./s1. The summed E-state index contributed by atoms with van der Waals surface area (Å²) >= 11 is 0. The van der Waals surface area contributed by atoms with Crippen molar-refractivity contribution < 1.29 is 31.8 Å². The first-order valence-electron chi connectivity index (χ1n) is 5.65. The number of alkyl halides is 4. The normalized spacial score (nSPS) is 12.5. The van der Waals surface area contributed by atoms with E-state index < -0.39 is 35.9 Å². The minimum absolute atomic E-state index is 0. The number of nitrogens with two attached hydrogens (primary N) is 1. The SMILES string of the molecule is CCOC(=O)C(F)(F)[C@H](N)c1ccccc1OC(F)F.Cl. The minimum atomic E-state index is -4.06. The fourth-order valence-electron chi connectivity index (χ4n) is 1.49. The maximum Gasteiger partial charge on any atom is 0.387 e. The largest absolute Gasteiger partial charge is 0.462 e. The van der Waals surface area contributed by atoms with Crippen molar-refractivity contribution in [3.63, 3.8) is 0 Å². The molecule has 0 heterocycles. The van der Waals surface area contributed by atoms with E-state index in [9.17, 15) is 22.4 Å². The van der Waals surface area contributed by atoms with E-state index in [1.165, 1.54) is 19.1 Å². The highest BCUT2D eigenvalue weighted by Gasteiger charge is 2.48. The first-order valence-corrected chi connectivity index (χ1v) is 5.65. The van der Waals surface area contributed by atoms with E-state index in [4.69, 9.17) is 5.73 Å². The van der Waals surface area contributed by atoms with Crippen molar-refractivity contribution in [3.05, 3.63) is 29.8 Å². The van der Waals surface area contributed by atoms with Crippen molar-refractivity contribution in [2.24, 2.45) is 5.73 Å². The predicted molar refractivity (Wildman–Crippen MR) is 68.8 cm³/mol. The zero-order chi connectivity index (χ0) is 15.3. The fourth-order valence-corrected chi connectivity index (χ4v) is 1.49. The molecule has 120 valence electrons. The number of esters is 1. The van der Waals surface area contributed by atoms with E-state index in [-0.39, 0.29) is 19.0 Å². The smallest absolute Gasteiger partial charge is 0.387 e. The van der Waals surface area contributed by atoms with Gasteiger partial charge >= 0.3 is 18.5 Å². The molecule has 1 rings (SSSR count). The molecule has 0 saturated heterocycles. The number of para-hydroxylation sites is 1. The number of rotatable bonds is 6. The molecule has 0 spiro atoms. The topological polar surface area (TPSA) is 61.5 Å². The summed E-state index contributed by atoms with van der Waals surface area (Å²) in [6.45, 7) is -2.09. The Morgan fingerprint density at radius 1 is 1.33 bits per heavy atom. The van der Waals surface area contributed by atoms with Crippen molar-refractivity contribution in [1.29, 1.82) is 0 Å².